The Hall–Kier alpha value is -1.71. The van der Waals surface area contributed by atoms with Crippen LogP contribution in [0.25, 0.3) is 0 Å². The van der Waals surface area contributed by atoms with Crippen LogP contribution in [0.15, 0.2) is 48.7 Å². The highest BCUT2D eigenvalue weighted by Crippen LogP contribution is 2.29. The lowest BCUT2D eigenvalue weighted by Crippen LogP contribution is -2.17. The van der Waals surface area contributed by atoms with E-state index in [0.29, 0.717) is 6.61 Å². The molecule has 3 nitrogen and oxygen atoms in total. The number of fused-ring (bicyclic) bond motifs is 1. The Morgan fingerprint density at radius 3 is 2.78 bits per heavy atom. The summed E-state index contributed by atoms with van der Waals surface area (Å²) in [4.78, 5) is 4.38. The van der Waals surface area contributed by atoms with Gasteiger partial charge in [-0.3, -0.25) is 4.98 Å². The van der Waals surface area contributed by atoms with Crippen LogP contribution >= 0.6 is 0 Å². The van der Waals surface area contributed by atoms with E-state index in [0.717, 1.165) is 12.1 Å². The number of hydrogen-bond donors (Lipinski definition) is 1. The third-order valence-corrected chi connectivity index (χ3v) is 3.33. The smallest absolute Gasteiger partial charge is 0.0866 e. The van der Waals surface area contributed by atoms with Crippen molar-refractivity contribution in [1.29, 1.82) is 0 Å². The van der Waals surface area contributed by atoms with Gasteiger partial charge in [0.2, 0.25) is 0 Å². The molecule has 0 spiro atoms. The van der Waals surface area contributed by atoms with Gasteiger partial charge in [0.15, 0.2) is 0 Å². The number of nitrogens with zero attached hydrogens (tertiary/aromatic N) is 1. The second-order valence-corrected chi connectivity index (χ2v) is 4.59. The van der Waals surface area contributed by atoms with Crippen molar-refractivity contribution in [3.8, 4) is 0 Å². The molecule has 1 aromatic carbocycles. The summed E-state index contributed by atoms with van der Waals surface area (Å²) in [7, 11) is 0. The van der Waals surface area contributed by atoms with Crippen molar-refractivity contribution in [2.45, 2.75) is 18.6 Å². The molecule has 2 N–H and O–H groups in total. The Morgan fingerprint density at radius 1 is 1.11 bits per heavy atom. The van der Waals surface area contributed by atoms with Gasteiger partial charge in [0.05, 0.1) is 24.4 Å². The summed E-state index contributed by atoms with van der Waals surface area (Å²) in [5.74, 6) is 0. The average Bonchev–Trinajstić information content (AvgIpc) is 2.60. The van der Waals surface area contributed by atoms with Gasteiger partial charge in [-0.2, -0.15) is 0 Å². The molecule has 3 heteroatoms. The number of nitrogens with two attached hydrogens (primary N) is 1. The van der Waals surface area contributed by atoms with Gasteiger partial charge >= 0.3 is 0 Å². The van der Waals surface area contributed by atoms with Crippen LogP contribution in [-0.4, -0.2) is 11.6 Å². The first kappa shape index (κ1) is 11.4. The van der Waals surface area contributed by atoms with Gasteiger partial charge in [-0.1, -0.05) is 36.4 Å². The highest BCUT2D eigenvalue weighted by molar-refractivity contribution is 5.28. The lowest BCUT2D eigenvalue weighted by Gasteiger charge is -2.15. The van der Waals surface area contributed by atoms with Crippen LogP contribution in [-0.2, 0) is 11.2 Å². The second kappa shape index (κ2) is 4.88. The van der Waals surface area contributed by atoms with Crippen LogP contribution in [0.1, 0.15) is 29.0 Å². The van der Waals surface area contributed by atoms with Gasteiger partial charge < -0.3 is 10.5 Å². The molecule has 1 aliphatic rings. The van der Waals surface area contributed by atoms with E-state index in [1.807, 2.05) is 24.3 Å². The largest absolute Gasteiger partial charge is 0.371 e. The number of pyridine rings is 1. The maximum atomic E-state index is 6.10. The maximum absolute atomic E-state index is 6.10. The van der Waals surface area contributed by atoms with Crippen molar-refractivity contribution in [2.75, 3.05) is 6.61 Å². The van der Waals surface area contributed by atoms with Gasteiger partial charge in [0.1, 0.15) is 0 Å². The molecule has 0 fully saturated rings. The molecule has 18 heavy (non-hydrogen) atoms. The van der Waals surface area contributed by atoms with Crippen LogP contribution in [0.5, 0.6) is 0 Å². The predicted octanol–water partition coefficient (Wildman–Crippen LogP) is 2.40. The Kier molecular flexibility index (Phi) is 3.09. The second-order valence-electron chi connectivity index (χ2n) is 4.59. The van der Waals surface area contributed by atoms with E-state index in [1.54, 1.807) is 6.20 Å². The van der Waals surface area contributed by atoms with Crippen molar-refractivity contribution in [3.63, 3.8) is 0 Å². The fourth-order valence-corrected chi connectivity index (χ4v) is 2.40. The average molecular weight is 240 g/mol. The first-order valence-electron chi connectivity index (χ1n) is 6.20. The van der Waals surface area contributed by atoms with Gasteiger partial charge in [-0.05, 0) is 17.2 Å². The summed E-state index contributed by atoms with van der Waals surface area (Å²) in [6, 6.07) is 14.2. The number of benzene rings is 1. The van der Waals surface area contributed by atoms with Crippen LogP contribution in [0.2, 0.25) is 0 Å². The maximum Gasteiger partial charge on any atom is 0.0866 e. The predicted molar refractivity (Wildman–Crippen MR) is 70.0 cm³/mol. The van der Waals surface area contributed by atoms with Gasteiger partial charge in [-0.15, -0.1) is 0 Å². The number of hydrogen-bond acceptors (Lipinski definition) is 3. The molecule has 0 saturated heterocycles. The summed E-state index contributed by atoms with van der Waals surface area (Å²) < 4.78 is 5.92. The van der Waals surface area contributed by atoms with E-state index in [1.165, 1.54) is 11.1 Å². The molecule has 1 aromatic heterocycles. The van der Waals surface area contributed by atoms with E-state index >= 15 is 0 Å². The zero-order valence-corrected chi connectivity index (χ0v) is 10.1. The molecule has 1 aliphatic heterocycles. The molecule has 92 valence electrons. The molecule has 0 amide bonds. The van der Waals surface area contributed by atoms with Crippen LogP contribution in [0.4, 0.5) is 0 Å². The zero-order valence-electron chi connectivity index (χ0n) is 10.1. The summed E-state index contributed by atoms with van der Waals surface area (Å²) in [5, 5.41) is 0. The third kappa shape index (κ3) is 2.15. The molecule has 0 saturated carbocycles. The third-order valence-electron chi connectivity index (χ3n) is 3.33. The van der Waals surface area contributed by atoms with Crippen molar-refractivity contribution in [3.05, 3.63) is 65.5 Å². The highest BCUT2D eigenvalue weighted by atomic mass is 16.5. The van der Waals surface area contributed by atoms with Gasteiger partial charge in [0, 0.05) is 12.6 Å². The van der Waals surface area contributed by atoms with Crippen molar-refractivity contribution in [2.24, 2.45) is 5.73 Å². The van der Waals surface area contributed by atoms with Crippen LogP contribution in [0, 0.1) is 0 Å². The fourth-order valence-electron chi connectivity index (χ4n) is 2.40. The molecule has 2 aromatic rings. The summed E-state index contributed by atoms with van der Waals surface area (Å²) >= 11 is 0. The lowest BCUT2D eigenvalue weighted by molar-refractivity contribution is 0.0497. The van der Waals surface area contributed by atoms with Gasteiger partial charge in [-0.25, -0.2) is 0 Å². The standard InChI is InChI=1S/C15H16N2O/c16-13-10-18-14(11-5-2-1-3-6-11)9-12-7-4-8-17-15(12)13/h1-8,13-14H,9-10,16H2/t13-,14+/m1/s1. The molecule has 0 radical (unpaired) electrons. The Bertz CT molecular complexity index is 527. The van der Waals surface area contributed by atoms with Crippen molar-refractivity contribution in [1.82, 2.24) is 4.98 Å². The summed E-state index contributed by atoms with van der Waals surface area (Å²) in [6.45, 7) is 0.517. The van der Waals surface area contributed by atoms with Crippen LogP contribution < -0.4 is 5.73 Å². The molecule has 0 aliphatic carbocycles. The molecular formula is C15H16N2O. The van der Waals surface area contributed by atoms with Crippen molar-refractivity contribution < 1.29 is 4.74 Å². The Balaban J connectivity index is 1.94. The van der Waals surface area contributed by atoms with E-state index in [-0.39, 0.29) is 12.1 Å². The van der Waals surface area contributed by atoms with Gasteiger partial charge in [0.25, 0.3) is 0 Å². The first-order valence-corrected chi connectivity index (χ1v) is 6.20. The summed E-state index contributed by atoms with van der Waals surface area (Å²) in [5.41, 5.74) is 9.45. The Labute approximate surface area is 107 Å². The van der Waals surface area contributed by atoms with Crippen LogP contribution in [0.3, 0.4) is 0 Å². The van der Waals surface area contributed by atoms with E-state index < -0.39 is 0 Å². The SMILES string of the molecule is N[C@@H]1CO[C@H](c2ccccc2)Cc2cccnc21. The van der Waals surface area contributed by atoms with E-state index in [4.69, 9.17) is 10.5 Å². The number of ether oxygens (including phenoxy) is 1. The minimum absolute atomic E-state index is 0.0719. The minimum Gasteiger partial charge on any atom is -0.371 e. The van der Waals surface area contributed by atoms with E-state index in [2.05, 4.69) is 23.2 Å². The topological polar surface area (TPSA) is 48.1 Å². The first-order chi connectivity index (χ1) is 8.84. The molecule has 0 bridgehead atoms. The fraction of sp³-hybridized carbons (Fsp3) is 0.267. The quantitative estimate of drug-likeness (QED) is 0.832. The molecule has 0 unspecified atom stereocenters. The Morgan fingerprint density at radius 2 is 1.94 bits per heavy atom. The minimum atomic E-state index is -0.130. The number of rotatable bonds is 1. The zero-order chi connectivity index (χ0) is 12.4. The monoisotopic (exact) mass is 240 g/mol. The number of aromatic nitrogens is 1. The molecule has 3 rings (SSSR count). The summed E-state index contributed by atoms with van der Waals surface area (Å²) in [6.07, 6.45) is 2.70. The normalized spacial score (nSPS) is 23.2. The molecule has 2 atom stereocenters. The van der Waals surface area contributed by atoms with Crippen molar-refractivity contribution >= 4 is 0 Å². The highest BCUT2D eigenvalue weighted by Gasteiger charge is 2.23. The molecular weight excluding hydrogens is 224 g/mol. The molecule has 2 heterocycles. The lowest BCUT2D eigenvalue weighted by atomic mass is 10.00. The van der Waals surface area contributed by atoms with E-state index in [9.17, 15) is 0 Å².